The highest BCUT2D eigenvalue weighted by Crippen LogP contribution is 2.32. The maximum absolute atomic E-state index is 11.3. The Bertz CT molecular complexity index is 1140. The Morgan fingerprint density at radius 2 is 2.00 bits per heavy atom. The zero-order valence-corrected chi connectivity index (χ0v) is 19.2. The molecule has 1 amide bonds. The number of rotatable bonds is 5. The molecule has 5 heteroatoms. The third-order valence-electron chi connectivity index (χ3n) is 6.32. The molecule has 3 N–H and O–H groups in total. The first-order chi connectivity index (χ1) is 15.3. The molecule has 0 radical (unpaired) electrons. The van der Waals surface area contributed by atoms with Crippen LogP contribution >= 0.6 is 0 Å². The molecule has 168 valence electrons. The standard InChI is InChI=1S/C27H33N3O2/c1-27(2,3)26-23(22-8-4-5-9-24(22)28-26)14-16-30-15-6-7-20-17-19(10-12-21(20)18-30)11-13-25(31)29-32/h4-5,8-13,17,28,32H,6-7,14-16,18H2,1-3H3,(H,29,31)/b13-11+. The van der Waals surface area contributed by atoms with E-state index in [1.807, 2.05) is 6.07 Å². The van der Waals surface area contributed by atoms with E-state index in [1.165, 1.54) is 39.4 Å². The number of nitrogens with one attached hydrogen (secondary N) is 2. The summed E-state index contributed by atoms with van der Waals surface area (Å²) in [6.45, 7) is 9.89. The van der Waals surface area contributed by atoms with Gasteiger partial charge >= 0.3 is 0 Å². The Hall–Kier alpha value is -2.89. The quantitative estimate of drug-likeness (QED) is 0.303. The van der Waals surface area contributed by atoms with Crippen LogP contribution in [0.25, 0.3) is 17.0 Å². The largest absolute Gasteiger partial charge is 0.358 e. The second-order valence-corrected chi connectivity index (χ2v) is 9.74. The van der Waals surface area contributed by atoms with E-state index < -0.39 is 5.91 Å². The molecule has 32 heavy (non-hydrogen) atoms. The van der Waals surface area contributed by atoms with Gasteiger partial charge in [0.05, 0.1) is 0 Å². The highest BCUT2D eigenvalue weighted by atomic mass is 16.5. The number of fused-ring (bicyclic) bond motifs is 2. The Morgan fingerprint density at radius 1 is 1.19 bits per heavy atom. The van der Waals surface area contributed by atoms with Crippen LogP contribution in [0.1, 0.15) is 55.1 Å². The normalized spacial score (nSPS) is 15.1. The number of carbonyl (C=O) groups excluding carboxylic acids is 1. The molecule has 0 bridgehead atoms. The Kier molecular flexibility index (Phi) is 6.49. The molecular weight excluding hydrogens is 398 g/mol. The van der Waals surface area contributed by atoms with Gasteiger partial charge in [-0.05, 0) is 60.2 Å². The molecule has 0 aliphatic carbocycles. The molecule has 1 aliphatic rings. The third kappa shape index (κ3) is 4.95. The molecule has 3 aromatic rings. The van der Waals surface area contributed by atoms with E-state index in [-0.39, 0.29) is 5.41 Å². The van der Waals surface area contributed by atoms with Crippen LogP contribution in [0.3, 0.4) is 0 Å². The van der Waals surface area contributed by atoms with Gasteiger partial charge in [0, 0.05) is 41.2 Å². The number of H-pyrrole nitrogens is 1. The second-order valence-electron chi connectivity index (χ2n) is 9.74. The van der Waals surface area contributed by atoms with Crippen LogP contribution in [0.2, 0.25) is 0 Å². The summed E-state index contributed by atoms with van der Waals surface area (Å²) in [5.74, 6) is -0.516. The maximum atomic E-state index is 11.3. The number of hydrogen-bond donors (Lipinski definition) is 3. The first-order valence-corrected chi connectivity index (χ1v) is 11.4. The van der Waals surface area contributed by atoms with Crippen LogP contribution in [0.15, 0.2) is 48.5 Å². The summed E-state index contributed by atoms with van der Waals surface area (Å²) >= 11 is 0. The SMILES string of the molecule is CC(C)(C)c1[nH]c2ccccc2c1CCN1CCCc2cc(/C=C/C(=O)NO)ccc2C1. The Morgan fingerprint density at radius 3 is 2.78 bits per heavy atom. The van der Waals surface area contributed by atoms with Gasteiger partial charge in [-0.1, -0.05) is 57.2 Å². The third-order valence-corrected chi connectivity index (χ3v) is 6.32. The Labute approximate surface area is 190 Å². The molecule has 1 aliphatic heterocycles. The van der Waals surface area contributed by atoms with Crippen molar-refractivity contribution >= 4 is 22.9 Å². The fourth-order valence-electron chi connectivity index (χ4n) is 4.72. The summed E-state index contributed by atoms with van der Waals surface area (Å²) in [5, 5.41) is 10.00. The van der Waals surface area contributed by atoms with Gasteiger partial charge in [-0.25, -0.2) is 5.48 Å². The molecule has 0 unspecified atom stereocenters. The van der Waals surface area contributed by atoms with Gasteiger partial charge in [-0.15, -0.1) is 0 Å². The van der Waals surface area contributed by atoms with Crippen molar-refractivity contribution in [1.82, 2.24) is 15.4 Å². The number of para-hydroxylation sites is 1. The van der Waals surface area contributed by atoms with E-state index in [0.717, 1.165) is 44.5 Å². The van der Waals surface area contributed by atoms with Crippen LogP contribution in [0, 0.1) is 0 Å². The lowest BCUT2D eigenvalue weighted by atomic mass is 9.88. The molecular formula is C27H33N3O2. The summed E-state index contributed by atoms with van der Waals surface area (Å²) in [6, 6.07) is 15.0. The van der Waals surface area contributed by atoms with E-state index in [4.69, 9.17) is 5.21 Å². The van der Waals surface area contributed by atoms with Crippen LogP contribution in [0.4, 0.5) is 0 Å². The summed E-state index contributed by atoms with van der Waals surface area (Å²) in [5.41, 5.74) is 9.42. The van der Waals surface area contributed by atoms with Gasteiger partial charge in [-0.3, -0.25) is 14.9 Å². The minimum absolute atomic E-state index is 0.0799. The minimum atomic E-state index is -0.516. The molecule has 0 spiro atoms. The van der Waals surface area contributed by atoms with Gasteiger partial charge in [-0.2, -0.15) is 0 Å². The van der Waals surface area contributed by atoms with Gasteiger partial charge < -0.3 is 4.98 Å². The predicted molar refractivity (Wildman–Crippen MR) is 130 cm³/mol. The first-order valence-electron chi connectivity index (χ1n) is 11.4. The number of aromatic nitrogens is 1. The van der Waals surface area contributed by atoms with E-state index in [9.17, 15) is 4.79 Å². The molecule has 0 atom stereocenters. The van der Waals surface area contributed by atoms with Crippen molar-refractivity contribution in [3.8, 4) is 0 Å². The maximum Gasteiger partial charge on any atom is 0.267 e. The number of hydrogen-bond acceptors (Lipinski definition) is 3. The number of nitrogens with zero attached hydrogens (tertiary/aromatic N) is 1. The zero-order chi connectivity index (χ0) is 22.7. The number of aromatic amines is 1. The molecule has 4 rings (SSSR count). The van der Waals surface area contributed by atoms with E-state index in [0.29, 0.717) is 0 Å². The topological polar surface area (TPSA) is 68.4 Å². The van der Waals surface area contributed by atoms with Gasteiger partial charge in [0.2, 0.25) is 0 Å². The average molecular weight is 432 g/mol. The lowest BCUT2D eigenvalue weighted by molar-refractivity contribution is -0.124. The number of carbonyl (C=O) groups is 1. The molecule has 0 saturated heterocycles. The fraction of sp³-hybridized carbons (Fsp3) is 0.370. The van der Waals surface area contributed by atoms with Gasteiger partial charge in [0.15, 0.2) is 0 Å². The highest BCUT2D eigenvalue weighted by Gasteiger charge is 2.23. The molecule has 5 nitrogen and oxygen atoms in total. The van der Waals surface area contributed by atoms with Gasteiger partial charge in [0.1, 0.15) is 0 Å². The van der Waals surface area contributed by atoms with Crippen molar-refractivity contribution in [2.24, 2.45) is 0 Å². The Balaban J connectivity index is 1.50. The van der Waals surface area contributed by atoms with Crippen LogP contribution < -0.4 is 5.48 Å². The first kappa shape index (κ1) is 22.3. The summed E-state index contributed by atoms with van der Waals surface area (Å²) < 4.78 is 0. The van der Waals surface area contributed by atoms with Crippen molar-refractivity contribution < 1.29 is 10.0 Å². The van der Waals surface area contributed by atoms with Crippen molar-refractivity contribution in [3.63, 3.8) is 0 Å². The molecule has 1 aromatic heterocycles. The van der Waals surface area contributed by atoms with E-state index >= 15 is 0 Å². The monoisotopic (exact) mass is 431 g/mol. The minimum Gasteiger partial charge on any atom is -0.358 e. The smallest absolute Gasteiger partial charge is 0.267 e. The van der Waals surface area contributed by atoms with Crippen LogP contribution in [0.5, 0.6) is 0 Å². The van der Waals surface area contributed by atoms with Crippen molar-refractivity contribution in [2.75, 3.05) is 13.1 Å². The van der Waals surface area contributed by atoms with Crippen molar-refractivity contribution in [2.45, 2.75) is 52.0 Å². The lowest BCUT2D eigenvalue weighted by Gasteiger charge is -2.23. The summed E-state index contributed by atoms with van der Waals surface area (Å²) in [4.78, 5) is 17.5. The number of amides is 1. The van der Waals surface area contributed by atoms with E-state index in [2.05, 4.69) is 67.1 Å². The van der Waals surface area contributed by atoms with Crippen LogP contribution in [-0.4, -0.2) is 34.1 Å². The second kappa shape index (κ2) is 9.31. The zero-order valence-electron chi connectivity index (χ0n) is 19.2. The summed E-state index contributed by atoms with van der Waals surface area (Å²) in [7, 11) is 0. The van der Waals surface area contributed by atoms with Gasteiger partial charge in [0.25, 0.3) is 5.91 Å². The predicted octanol–water partition coefficient (Wildman–Crippen LogP) is 4.97. The average Bonchev–Trinajstić information content (AvgIpc) is 3.03. The molecule has 2 heterocycles. The molecule has 0 fully saturated rings. The fourth-order valence-corrected chi connectivity index (χ4v) is 4.72. The van der Waals surface area contributed by atoms with Crippen molar-refractivity contribution in [3.05, 3.63) is 76.5 Å². The highest BCUT2D eigenvalue weighted by molar-refractivity contribution is 5.90. The van der Waals surface area contributed by atoms with E-state index in [1.54, 1.807) is 11.6 Å². The number of hydroxylamine groups is 1. The lowest BCUT2D eigenvalue weighted by Crippen LogP contribution is -2.26. The number of aryl methyl sites for hydroxylation is 1. The molecule has 2 aromatic carbocycles. The van der Waals surface area contributed by atoms with Crippen LogP contribution in [-0.2, 0) is 29.6 Å². The van der Waals surface area contributed by atoms with Crippen molar-refractivity contribution in [1.29, 1.82) is 0 Å². The number of benzene rings is 2. The summed E-state index contributed by atoms with van der Waals surface area (Å²) in [6.07, 6.45) is 6.28. The molecule has 0 saturated carbocycles.